The fraction of sp³-hybridized carbons (Fsp3) is 0.583. The number of carbonyl (C=O) groups is 1. The Balaban J connectivity index is 4.80. The fourth-order valence-corrected chi connectivity index (χ4v) is 1.13. The highest BCUT2D eigenvalue weighted by atomic mass is 19.3. The number of alkyl halides is 2. The van der Waals surface area contributed by atoms with Gasteiger partial charge in [-0.1, -0.05) is 27.0 Å². The summed E-state index contributed by atoms with van der Waals surface area (Å²) in [6.45, 7) is 10.4. The number of hydrogen-bond acceptors (Lipinski definition) is 3. The predicted molar refractivity (Wildman–Crippen MR) is 60.7 cm³/mol. The van der Waals surface area contributed by atoms with Crippen LogP contribution in [0.5, 0.6) is 0 Å². The lowest BCUT2D eigenvalue weighted by Crippen LogP contribution is -2.43. The minimum Gasteiger partial charge on any atom is -0.484 e. The zero-order chi connectivity index (χ0) is 13.6. The molecule has 0 fully saturated rings. The Kier molecular flexibility index (Phi) is 5.85. The van der Waals surface area contributed by atoms with Gasteiger partial charge >= 0.3 is 11.9 Å². The molecule has 17 heavy (non-hydrogen) atoms. The van der Waals surface area contributed by atoms with Gasteiger partial charge in [0.2, 0.25) is 0 Å². The Hall–Kier alpha value is -1.39. The lowest BCUT2D eigenvalue weighted by atomic mass is 10.1. The maximum atomic E-state index is 13.5. The van der Waals surface area contributed by atoms with E-state index in [0.717, 1.165) is 7.11 Å². The summed E-state index contributed by atoms with van der Waals surface area (Å²) in [5, 5.41) is 0. The van der Waals surface area contributed by atoms with E-state index in [0.29, 0.717) is 12.0 Å². The Morgan fingerprint density at radius 2 is 1.88 bits per heavy atom. The smallest absolute Gasteiger partial charge is 0.380 e. The van der Waals surface area contributed by atoms with Crippen molar-refractivity contribution in [2.75, 3.05) is 7.11 Å². The molecule has 5 heteroatoms. The zero-order valence-electron chi connectivity index (χ0n) is 10.4. The van der Waals surface area contributed by atoms with E-state index in [1.807, 2.05) is 0 Å². The Morgan fingerprint density at radius 1 is 1.35 bits per heavy atom. The third-order valence-electron chi connectivity index (χ3n) is 2.34. The van der Waals surface area contributed by atoms with Gasteiger partial charge < -0.3 is 9.47 Å². The minimum absolute atomic E-state index is 0.0435. The number of hydrogen-bond donors (Lipinski definition) is 0. The quantitative estimate of drug-likeness (QED) is 0.394. The molecule has 0 aromatic carbocycles. The Bertz CT molecular complexity index is 311. The second kappa shape index (κ2) is 6.37. The maximum absolute atomic E-state index is 13.5. The van der Waals surface area contributed by atoms with Gasteiger partial charge in [0.15, 0.2) is 6.10 Å². The van der Waals surface area contributed by atoms with Crippen LogP contribution >= 0.6 is 0 Å². The van der Waals surface area contributed by atoms with E-state index in [9.17, 15) is 13.6 Å². The van der Waals surface area contributed by atoms with Gasteiger partial charge in [-0.3, -0.25) is 0 Å². The first kappa shape index (κ1) is 15.6. The van der Waals surface area contributed by atoms with E-state index in [-0.39, 0.29) is 12.2 Å². The second-order valence-electron chi connectivity index (χ2n) is 3.51. The van der Waals surface area contributed by atoms with Crippen molar-refractivity contribution < 1.29 is 23.0 Å². The van der Waals surface area contributed by atoms with Crippen LogP contribution < -0.4 is 0 Å². The van der Waals surface area contributed by atoms with Gasteiger partial charge in [0, 0.05) is 0 Å². The molecule has 98 valence electrons. The van der Waals surface area contributed by atoms with Crippen molar-refractivity contribution in [3.8, 4) is 0 Å². The predicted octanol–water partition coefficient (Wildman–Crippen LogP) is 3.07. The van der Waals surface area contributed by atoms with Crippen molar-refractivity contribution in [1.29, 1.82) is 0 Å². The van der Waals surface area contributed by atoms with Crippen LogP contribution in [-0.4, -0.2) is 25.1 Å². The molecule has 0 bridgehead atoms. The van der Waals surface area contributed by atoms with Gasteiger partial charge in [-0.15, -0.1) is 0 Å². The normalized spacial score (nSPS) is 12.8. The SMILES string of the molecule is C=C(CC)C(=C)OC(CC)C(F)(F)C(=O)OC. The average molecular weight is 248 g/mol. The van der Waals surface area contributed by atoms with Crippen LogP contribution in [0.4, 0.5) is 8.78 Å². The average Bonchev–Trinajstić information content (AvgIpc) is 2.32. The fourth-order valence-electron chi connectivity index (χ4n) is 1.13. The third kappa shape index (κ3) is 3.84. The molecule has 0 N–H and O–H groups in total. The third-order valence-corrected chi connectivity index (χ3v) is 2.34. The van der Waals surface area contributed by atoms with Gasteiger partial charge in [0.05, 0.1) is 7.11 Å². The van der Waals surface area contributed by atoms with E-state index < -0.39 is 18.0 Å². The van der Waals surface area contributed by atoms with Crippen molar-refractivity contribution in [3.05, 3.63) is 24.5 Å². The number of rotatable bonds is 7. The van der Waals surface area contributed by atoms with Gasteiger partial charge in [-0.2, -0.15) is 8.78 Å². The molecule has 0 heterocycles. The molecule has 0 aliphatic rings. The summed E-state index contributed by atoms with van der Waals surface area (Å²) in [7, 11) is 0.906. The molecule has 0 aromatic heterocycles. The van der Waals surface area contributed by atoms with E-state index in [1.165, 1.54) is 6.92 Å². The highest BCUT2D eigenvalue weighted by Gasteiger charge is 2.49. The molecule has 0 amide bonds. The molecule has 0 saturated carbocycles. The Labute approximate surface area is 100 Å². The molecule has 0 aliphatic carbocycles. The molecule has 0 aromatic rings. The monoisotopic (exact) mass is 248 g/mol. The van der Waals surface area contributed by atoms with Crippen molar-refractivity contribution in [2.45, 2.75) is 38.7 Å². The standard InChI is InChI=1S/C12H18F2O3/c1-6-8(3)9(4)17-10(7-2)12(13,14)11(15)16-5/h10H,3-4,6-7H2,1-2,5H3. The Morgan fingerprint density at radius 3 is 2.24 bits per heavy atom. The first-order valence-electron chi connectivity index (χ1n) is 5.31. The summed E-state index contributed by atoms with van der Waals surface area (Å²) in [5.41, 5.74) is 0.518. The molecule has 0 spiro atoms. The van der Waals surface area contributed by atoms with Crippen LogP contribution in [0.1, 0.15) is 26.7 Å². The number of allylic oxidation sites excluding steroid dienone is 1. The van der Waals surface area contributed by atoms with E-state index >= 15 is 0 Å². The molecular formula is C12H18F2O3. The number of methoxy groups -OCH3 is 1. The molecule has 0 radical (unpaired) electrons. The summed E-state index contributed by atoms with van der Waals surface area (Å²) in [6.07, 6.45) is -1.09. The van der Waals surface area contributed by atoms with Crippen LogP contribution in [-0.2, 0) is 14.3 Å². The van der Waals surface area contributed by atoms with Crippen LogP contribution in [0.3, 0.4) is 0 Å². The van der Waals surface area contributed by atoms with E-state index in [4.69, 9.17) is 4.74 Å². The van der Waals surface area contributed by atoms with Crippen molar-refractivity contribution >= 4 is 5.97 Å². The highest BCUT2D eigenvalue weighted by molar-refractivity contribution is 5.78. The van der Waals surface area contributed by atoms with Crippen molar-refractivity contribution in [3.63, 3.8) is 0 Å². The molecule has 1 unspecified atom stereocenters. The summed E-state index contributed by atoms with van der Waals surface area (Å²) in [6, 6.07) is 0. The van der Waals surface area contributed by atoms with E-state index in [2.05, 4.69) is 17.9 Å². The summed E-state index contributed by atoms with van der Waals surface area (Å²) in [4.78, 5) is 11.0. The van der Waals surface area contributed by atoms with Crippen LogP contribution in [0, 0.1) is 0 Å². The minimum atomic E-state index is -3.69. The lowest BCUT2D eigenvalue weighted by molar-refractivity contribution is -0.187. The first-order chi connectivity index (χ1) is 7.81. The maximum Gasteiger partial charge on any atom is 0.380 e. The molecular weight excluding hydrogens is 230 g/mol. The van der Waals surface area contributed by atoms with Gasteiger partial charge in [0.1, 0.15) is 5.76 Å². The summed E-state index contributed by atoms with van der Waals surface area (Å²) in [5.74, 6) is -5.23. The lowest BCUT2D eigenvalue weighted by Gasteiger charge is -2.25. The topological polar surface area (TPSA) is 35.5 Å². The van der Waals surface area contributed by atoms with Gasteiger partial charge in [0.25, 0.3) is 0 Å². The first-order valence-corrected chi connectivity index (χ1v) is 5.31. The molecule has 3 nitrogen and oxygen atoms in total. The number of esters is 1. The number of halogens is 2. The molecule has 0 saturated heterocycles. The summed E-state index contributed by atoms with van der Waals surface area (Å²) < 4.78 is 36.1. The number of carbonyl (C=O) groups excluding carboxylic acids is 1. The zero-order valence-corrected chi connectivity index (χ0v) is 10.4. The van der Waals surface area contributed by atoms with E-state index in [1.54, 1.807) is 6.92 Å². The summed E-state index contributed by atoms with van der Waals surface area (Å²) >= 11 is 0. The van der Waals surface area contributed by atoms with Crippen molar-refractivity contribution in [2.24, 2.45) is 0 Å². The molecule has 0 aliphatic heterocycles. The van der Waals surface area contributed by atoms with Crippen molar-refractivity contribution in [1.82, 2.24) is 0 Å². The van der Waals surface area contributed by atoms with Crippen LogP contribution in [0.2, 0.25) is 0 Å². The van der Waals surface area contributed by atoms with Gasteiger partial charge in [-0.05, 0) is 18.4 Å². The van der Waals surface area contributed by atoms with Crippen LogP contribution in [0.25, 0.3) is 0 Å². The molecule has 1 atom stereocenters. The number of ether oxygens (including phenoxy) is 2. The largest absolute Gasteiger partial charge is 0.484 e. The van der Waals surface area contributed by atoms with Gasteiger partial charge in [-0.25, -0.2) is 4.79 Å². The second-order valence-corrected chi connectivity index (χ2v) is 3.51. The molecule has 0 rings (SSSR count). The highest BCUT2D eigenvalue weighted by Crippen LogP contribution is 2.28. The van der Waals surface area contributed by atoms with Crippen LogP contribution in [0.15, 0.2) is 24.5 Å².